The average molecular weight is 358 g/mol. The van der Waals surface area contributed by atoms with Gasteiger partial charge in [0.1, 0.15) is 5.75 Å². The summed E-state index contributed by atoms with van der Waals surface area (Å²) < 4.78 is 5.50. The molecule has 0 radical (unpaired) electrons. The first kappa shape index (κ1) is 18.7. The second-order valence-corrected chi connectivity index (χ2v) is 7.85. The lowest BCUT2D eigenvalue weighted by molar-refractivity contribution is -0.123. The van der Waals surface area contributed by atoms with Crippen LogP contribution in [0.15, 0.2) is 18.2 Å². The highest BCUT2D eigenvalue weighted by molar-refractivity contribution is 5.98. The van der Waals surface area contributed by atoms with Crippen LogP contribution in [0.3, 0.4) is 0 Å². The number of rotatable bonds is 5. The van der Waals surface area contributed by atoms with Gasteiger partial charge >= 0.3 is 0 Å². The molecule has 1 fully saturated rings. The minimum absolute atomic E-state index is 0.0433. The number of hydrogen-bond acceptors (Lipinski definition) is 3. The van der Waals surface area contributed by atoms with Gasteiger partial charge in [-0.15, -0.1) is 0 Å². The summed E-state index contributed by atoms with van der Waals surface area (Å²) in [6, 6.07) is 6.15. The van der Waals surface area contributed by atoms with Gasteiger partial charge in [-0.3, -0.25) is 9.59 Å². The first-order valence-corrected chi connectivity index (χ1v) is 9.79. The molecule has 5 nitrogen and oxygen atoms in total. The molecule has 5 heteroatoms. The van der Waals surface area contributed by atoms with Crippen LogP contribution in [0.5, 0.6) is 5.75 Å². The van der Waals surface area contributed by atoms with Gasteiger partial charge < -0.3 is 15.0 Å². The van der Waals surface area contributed by atoms with Crippen molar-refractivity contribution in [3.8, 4) is 5.75 Å². The highest BCUT2D eigenvalue weighted by Crippen LogP contribution is 2.33. The first-order chi connectivity index (χ1) is 12.5. The van der Waals surface area contributed by atoms with Crippen molar-refractivity contribution in [2.75, 3.05) is 18.1 Å². The molecule has 2 aliphatic rings. The summed E-state index contributed by atoms with van der Waals surface area (Å²) >= 11 is 0. The zero-order valence-corrected chi connectivity index (χ0v) is 16.1. The Balaban J connectivity index is 1.52. The van der Waals surface area contributed by atoms with Gasteiger partial charge in [-0.05, 0) is 49.3 Å². The molecular formula is C21H30N2O3. The van der Waals surface area contributed by atoms with Crippen molar-refractivity contribution in [3.05, 3.63) is 23.8 Å². The van der Waals surface area contributed by atoms with Crippen LogP contribution in [0.4, 0.5) is 5.69 Å². The third kappa shape index (κ3) is 4.19. The molecule has 1 saturated carbocycles. The molecular weight excluding hydrogens is 328 g/mol. The lowest BCUT2D eigenvalue weighted by Gasteiger charge is -2.34. The third-order valence-corrected chi connectivity index (χ3v) is 5.90. The molecule has 2 amide bonds. The number of anilines is 1. The van der Waals surface area contributed by atoms with E-state index in [9.17, 15) is 9.59 Å². The van der Waals surface area contributed by atoms with Crippen molar-refractivity contribution < 1.29 is 14.3 Å². The molecule has 1 heterocycles. The molecule has 1 aromatic carbocycles. The zero-order chi connectivity index (χ0) is 18.7. The predicted octanol–water partition coefficient (Wildman–Crippen LogP) is 3.44. The third-order valence-electron chi connectivity index (χ3n) is 5.90. The van der Waals surface area contributed by atoms with Crippen LogP contribution in [0.1, 0.15) is 51.5 Å². The second kappa shape index (κ2) is 8.11. The van der Waals surface area contributed by atoms with Gasteiger partial charge in [0.2, 0.25) is 5.91 Å². The molecule has 142 valence electrons. The van der Waals surface area contributed by atoms with E-state index in [1.807, 2.05) is 25.1 Å². The quantitative estimate of drug-likeness (QED) is 0.877. The molecule has 3 atom stereocenters. The van der Waals surface area contributed by atoms with Crippen LogP contribution >= 0.6 is 0 Å². The van der Waals surface area contributed by atoms with E-state index in [4.69, 9.17) is 4.74 Å². The molecule has 0 aromatic heterocycles. The number of amides is 2. The molecule has 3 rings (SSSR count). The maximum atomic E-state index is 12.3. The smallest absolute Gasteiger partial charge is 0.265 e. The highest BCUT2D eigenvalue weighted by atomic mass is 16.5. The van der Waals surface area contributed by atoms with Crippen LogP contribution in [0, 0.1) is 18.8 Å². The Kier molecular flexibility index (Phi) is 5.84. The summed E-state index contributed by atoms with van der Waals surface area (Å²) in [4.78, 5) is 26.3. The molecule has 1 N–H and O–H groups in total. The molecule has 0 spiro atoms. The molecule has 1 aromatic rings. The number of fused-ring (bicyclic) bond motifs is 1. The van der Waals surface area contributed by atoms with Crippen molar-refractivity contribution in [1.29, 1.82) is 0 Å². The minimum Gasteiger partial charge on any atom is -0.482 e. The van der Waals surface area contributed by atoms with Gasteiger partial charge in [0.25, 0.3) is 5.91 Å². The molecule has 1 aliphatic heterocycles. The van der Waals surface area contributed by atoms with E-state index < -0.39 is 0 Å². The predicted molar refractivity (Wildman–Crippen MR) is 102 cm³/mol. The molecule has 0 saturated heterocycles. The Bertz CT molecular complexity index is 673. The molecule has 0 unspecified atom stereocenters. The Morgan fingerprint density at radius 3 is 2.92 bits per heavy atom. The number of ether oxygens (including phenoxy) is 1. The topological polar surface area (TPSA) is 58.6 Å². The summed E-state index contributed by atoms with van der Waals surface area (Å²) in [5.41, 5.74) is 1.90. The fraction of sp³-hybridized carbons (Fsp3) is 0.619. The van der Waals surface area contributed by atoms with Crippen LogP contribution in [-0.4, -0.2) is 31.0 Å². The lowest BCUT2D eigenvalue weighted by atomic mass is 9.78. The second-order valence-electron chi connectivity index (χ2n) is 7.85. The van der Waals surface area contributed by atoms with E-state index in [0.717, 1.165) is 23.4 Å². The van der Waals surface area contributed by atoms with Gasteiger partial charge in [0.05, 0.1) is 5.69 Å². The van der Waals surface area contributed by atoms with Crippen molar-refractivity contribution in [1.82, 2.24) is 5.32 Å². The number of aryl methyl sites for hydroxylation is 1. The van der Waals surface area contributed by atoms with E-state index in [-0.39, 0.29) is 18.4 Å². The highest BCUT2D eigenvalue weighted by Gasteiger charge is 2.28. The molecule has 1 aliphatic carbocycles. The van der Waals surface area contributed by atoms with Crippen LogP contribution in [0.2, 0.25) is 0 Å². The number of hydrogen-bond donors (Lipinski definition) is 1. The van der Waals surface area contributed by atoms with E-state index >= 15 is 0 Å². The van der Waals surface area contributed by atoms with Gasteiger partial charge in [-0.2, -0.15) is 0 Å². The van der Waals surface area contributed by atoms with Crippen LogP contribution in [-0.2, 0) is 9.59 Å². The van der Waals surface area contributed by atoms with Crippen molar-refractivity contribution >= 4 is 17.5 Å². The number of nitrogens with one attached hydrogen (secondary N) is 1. The standard InChI is InChI=1S/C21H30N2O3/c1-14-9-10-19-18(12-14)23(21(25)13-26-19)11-5-8-20(24)22-17-7-4-6-15(2)16(17)3/h9-10,12,15-17H,4-8,11,13H2,1-3H3,(H,22,24)/t15-,16+,17-/m1/s1. The van der Waals surface area contributed by atoms with E-state index in [2.05, 4.69) is 19.2 Å². The number of carbonyl (C=O) groups excluding carboxylic acids is 2. The first-order valence-electron chi connectivity index (χ1n) is 9.79. The summed E-state index contributed by atoms with van der Waals surface area (Å²) in [7, 11) is 0. The number of nitrogens with zero attached hydrogens (tertiary/aromatic N) is 1. The van der Waals surface area contributed by atoms with Gasteiger partial charge in [0.15, 0.2) is 6.61 Å². The van der Waals surface area contributed by atoms with Crippen molar-refractivity contribution in [2.24, 2.45) is 11.8 Å². The summed E-state index contributed by atoms with van der Waals surface area (Å²) in [5, 5.41) is 3.21. The monoisotopic (exact) mass is 358 g/mol. The SMILES string of the molecule is Cc1ccc2c(c1)N(CCCC(=O)N[C@@H]1CCC[C@@H](C)[C@@H]1C)C(=O)CO2. The van der Waals surface area contributed by atoms with E-state index in [1.165, 1.54) is 12.8 Å². The number of benzene rings is 1. The fourth-order valence-electron chi connectivity index (χ4n) is 4.02. The van der Waals surface area contributed by atoms with E-state index in [1.54, 1.807) is 4.90 Å². The largest absolute Gasteiger partial charge is 0.482 e. The van der Waals surface area contributed by atoms with Gasteiger partial charge in [0, 0.05) is 19.0 Å². The molecule has 26 heavy (non-hydrogen) atoms. The summed E-state index contributed by atoms with van der Waals surface area (Å²) in [6.07, 6.45) is 4.62. The maximum Gasteiger partial charge on any atom is 0.265 e. The fourth-order valence-corrected chi connectivity index (χ4v) is 4.02. The Morgan fingerprint density at radius 2 is 2.12 bits per heavy atom. The van der Waals surface area contributed by atoms with E-state index in [0.29, 0.717) is 37.3 Å². The minimum atomic E-state index is -0.0433. The number of carbonyl (C=O) groups is 2. The lowest BCUT2D eigenvalue weighted by Crippen LogP contribution is -2.44. The van der Waals surface area contributed by atoms with Crippen molar-refractivity contribution in [2.45, 2.75) is 58.9 Å². The van der Waals surface area contributed by atoms with Crippen LogP contribution < -0.4 is 15.0 Å². The Labute approximate surface area is 156 Å². The maximum absolute atomic E-state index is 12.3. The van der Waals surface area contributed by atoms with Gasteiger partial charge in [-0.25, -0.2) is 0 Å². The van der Waals surface area contributed by atoms with Crippen molar-refractivity contribution in [3.63, 3.8) is 0 Å². The van der Waals surface area contributed by atoms with Gasteiger partial charge in [-0.1, -0.05) is 32.8 Å². The summed E-state index contributed by atoms with van der Waals surface area (Å²) in [5.74, 6) is 1.99. The summed E-state index contributed by atoms with van der Waals surface area (Å²) in [6.45, 7) is 7.12. The average Bonchev–Trinajstić information content (AvgIpc) is 2.61. The Hall–Kier alpha value is -2.04. The normalized spacial score (nSPS) is 25.4. The Morgan fingerprint density at radius 1 is 1.31 bits per heavy atom. The van der Waals surface area contributed by atoms with Crippen LogP contribution in [0.25, 0.3) is 0 Å². The zero-order valence-electron chi connectivity index (χ0n) is 16.1. The molecule has 0 bridgehead atoms.